The van der Waals surface area contributed by atoms with Gasteiger partial charge in [0.15, 0.2) is 17.9 Å². The Kier molecular flexibility index (Phi) is 9.39. The Bertz CT molecular complexity index is 1890. The molecular weight excluding hydrogens is 656 g/mol. The number of phenols is 3. The summed E-state index contributed by atoms with van der Waals surface area (Å²) < 4.78 is 17.4. The van der Waals surface area contributed by atoms with Crippen molar-refractivity contribution in [3.63, 3.8) is 0 Å². The molecule has 15 heteroatoms. The first-order chi connectivity index (χ1) is 23.8. The summed E-state index contributed by atoms with van der Waals surface area (Å²) in [6.45, 7) is 0.361. The number of amides is 1. The van der Waals surface area contributed by atoms with Crippen molar-refractivity contribution < 1.29 is 64.0 Å². The lowest BCUT2D eigenvalue weighted by atomic mass is 9.72. The predicted molar refractivity (Wildman–Crippen MR) is 171 cm³/mol. The number of ether oxygens (including phenoxy) is 3. The molecule has 4 unspecified atom stereocenters. The van der Waals surface area contributed by atoms with Crippen LogP contribution in [0, 0.1) is 0 Å². The van der Waals surface area contributed by atoms with Crippen LogP contribution in [0.15, 0.2) is 42.5 Å². The van der Waals surface area contributed by atoms with Crippen LogP contribution in [0.4, 0.5) is 0 Å². The highest BCUT2D eigenvalue weighted by atomic mass is 16.7. The fraction of sp³-hybridized carbons (Fsp3) is 0.371. The van der Waals surface area contributed by atoms with E-state index < -0.39 is 102 Å². The maximum Gasteiger partial charge on any atom is 0.256 e. The summed E-state index contributed by atoms with van der Waals surface area (Å²) in [5.41, 5.74) is -3.92. The van der Waals surface area contributed by atoms with Gasteiger partial charge in [0.05, 0.1) is 54.3 Å². The van der Waals surface area contributed by atoms with Crippen molar-refractivity contribution in [2.45, 2.75) is 62.4 Å². The van der Waals surface area contributed by atoms with Crippen LogP contribution in [-0.2, 0) is 20.7 Å². The Morgan fingerprint density at radius 1 is 1.00 bits per heavy atom. The zero-order valence-electron chi connectivity index (χ0n) is 27.0. The van der Waals surface area contributed by atoms with Crippen LogP contribution in [0.2, 0.25) is 0 Å². The summed E-state index contributed by atoms with van der Waals surface area (Å²) in [5, 5.41) is 70.8. The fourth-order valence-electron chi connectivity index (χ4n) is 6.94. The van der Waals surface area contributed by atoms with Crippen LogP contribution in [-0.4, -0.2) is 104 Å². The molecule has 0 bridgehead atoms. The van der Waals surface area contributed by atoms with E-state index in [0.717, 1.165) is 0 Å². The first-order valence-electron chi connectivity index (χ1n) is 15.8. The lowest BCUT2D eigenvalue weighted by molar-refractivity contribution is -0.249. The number of aliphatic hydroxyl groups is 3. The molecule has 0 spiro atoms. The third kappa shape index (κ3) is 5.87. The number of carbonyl (C=O) groups excluding carboxylic acids is 4. The number of fused-ring (bicyclic) bond motifs is 3. The molecule has 15 nitrogen and oxygen atoms in total. The van der Waals surface area contributed by atoms with E-state index in [2.05, 4.69) is 10.6 Å². The highest BCUT2D eigenvalue weighted by Gasteiger charge is 2.50. The lowest BCUT2D eigenvalue weighted by Crippen LogP contribution is -2.56. The molecule has 3 aliphatic rings. The van der Waals surface area contributed by atoms with E-state index in [1.165, 1.54) is 37.4 Å². The molecule has 8 N–H and O–H groups in total. The van der Waals surface area contributed by atoms with Gasteiger partial charge in [-0.05, 0) is 25.1 Å². The zero-order chi connectivity index (χ0) is 36.1. The maximum absolute atomic E-state index is 13.9. The minimum atomic E-state index is -2.32. The second kappa shape index (κ2) is 13.4. The smallest absolute Gasteiger partial charge is 0.256 e. The zero-order valence-corrected chi connectivity index (χ0v) is 27.0. The van der Waals surface area contributed by atoms with E-state index in [1.807, 2.05) is 0 Å². The van der Waals surface area contributed by atoms with Crippen molar-refractivity contribution in [2.75, 3.05) is 20.4 Å². The van der Waals surface area contributed by atoms with Gasteiger partial charge in [0.25, 0.3) is 5.91 Å². The highest BCUT2D eigenvalue weighted by Crippen LogP contribution is 2.52. The summed E-state index contributed by atoms with van der Waals surface area (Å²) >= 11 is 0. The Balaban J connectivity index is 1.32. The van der Waals surface area contributed by atoms with Gasteiger partial charge in [-0.3, -0.25) is 24.5 Å². The maximum atomic E-state index is 13.9. The van der Waals surface area contributed by atoms with Gasteiger partial charge >= 0.3 is 0 Å². The number of para-hydroxylation sites is 1. The molecular formula is C35H36N2O13. The lowest BCUT2D eigenvalue weighted by Gasteiger charge is -2.43. The molecule has 0 saturated carbocycles. The number of nitrogens with one attached hydrogen (secondary N) is 2. The van der Waals surface area contributed by atoms with Gasteiger partial charge in [-0.25, -0.2) is 0 Å². The van der Waals surface area contributed by atoms with E-state index in [9.17, 15) is 49.8 Å². The van der Waals surface area contributed by atoms with Gasteiger partial charge in [0.2, 0.25) is 5.78 Å². The Morgan fingerprint density at radius 3 is 2.42 bits per heavy atom. The number of hydrogen-bond donors (Lipinski definition) is 8. The third-order valence-electron chi connectivity index (χ3n) is 9.52. The van der Waals surface area contributed by atoms with Crippen LogP contribution >= 0.6 is 0 Å². The topological polar surface area (TPSA) is 241 Å². The van der Waals surface area contributed by atoms with Gasteiger partial charge in [0.1, 0.15) is 35.2 Å². The molecule has 3 aromatic rings. The quantitative estimate of drug-likeness (QED) is 0.0891. The Hall–Kier alpha value is -4.90. The molecule has 1 aliphatic heterocycles. The van der Waals surface area contributed by atoms with E-state index in [4.69, 9.17) is 14.2 Å². The fourth-order valence-corrected chi connectivity index (χ4v) is 6.94. The number of methoxy groups -OCH3 is 1. The molecule has 1 amide bonds. The SMILES string of the molecule is COc1cccc2c1C(=O)c1c(O)c3c(c(O)c1C2=O)C[C@@](O)(C(=O)CO)C[C@@H]3OC1CC(NCNC(=O)c2ccccc2O)C(O)C(C)O1. The number of phenolic OH excluding ortho intramolecular Hbond substituents is 3. The summed E-state index contributed by atoms with van der Waals surface area (Å²) in [4.78, 5) is 53.0. The van der Waals surface area contributed by atoms with Crippen LogP contribution in [0.5, 0.6) is 23.0 Å². The summed E-state index contributed by atoms with van der Waals surface area (Å²) in [5.74, 6) is -4.80. The van der Waals surface area contributed by atoms with E-state index >= 15 is 0 Å². The molecule has 264 valence electrons. The second-order valence-corrected chi connectivity index (χ2v) is 12.5. The van der Waals surface area contributed by atoms with E-state index in [-0.39, 0.29) is 52.4 Å². The number of ketones is 3. The molecule has 1 heterocycles. The Labute approximate surface area is 285 Å². The van der Waals surface area contributed by atoms with Crippen molar-refractivity contribution in [3.8, 4) is 23.0 Å². The average Bonchev–Trinajstić information content (AvgIpc) is 3.09. The standard InChI is InChI=1S/C35H36N2O13/c1-15-29(41)19(36-14-37-34(46)16-6-3-4-8-20(16)39)10-24(49-15)50-22-12-35(47,23(40)13-38)11-18-26(22)33(45)28-27(31(18)43)30(42)17-7-5-9-21(48-2)25(17)32(28)44/h3-9,15,19,22,24,29,36,38-39,41,43,45,47H,10-14H2,1-2H3,(H,37,46)/t15?,19?,22-,24?,29?,35-/m0/s1. The van der Waals surface area contributed by atoms with E-state index in [0.29, 0.717) is 0 Å². The normalized spacial score (nSPS) is 25.7. The van der Waals surface area contributed by atoms with Crippen molar-refractivity contribution in [1.82, 2.24) is 10.6 Å². The van der Waals surface area contributed by atoms with Gasteiger partial charge < -0.3 is 50.2 Å². The summed E-state index contributed by atoms with van der Waals surface area (Å²) in [7, 11) is 1.31. The second-order valence-electron chi connectivity index (χ2n) is 12.5. The molecule has 0 radical (unpaired) electrons. The van der Waals surface area contributed by atoms with Crippen molar-refractivity contribution in [2.24, 2.45) is 0 Å². The molecule has 6 rings (SSSR count). The van der Waals surface area contributed by atoms with Crippen LogP contribution < -0.4 is 15.4 Å². The number of Topliss-reactive ketones (excluding diaryl/α,β-unsaturated/α-hetero) is 1. The van der Waals surface area contributed by atoms with Crippen LogP contribution in [0.25, 0.3) is 0 Å². The number of carbonyl (C=O) groups is 4. The largest absolute Gasteiger partial charge is 0.507 e. The van der Waals surface area contributed by atoms with Crippen LogP contribution in [0.1, 0.15) is 79.2 Å². The summed E-state index contributed by atoms with van der Waals surface area (Å²) in [6, 6.07) is 9.53. The monoisotopic (exact) mass is 692 g/mol. The minimum Gasteiger partial charge on any atom is -0.507 e. The van der Waals surface area contributed by atoms with Crippen molar-refractivity contribution in [3.05, 3.63) is 81.4 Å². The van der Waals surface area contributed by atoms with Gasteiger partial charge in [-0.2, -0.15) is 0 Å². The molecule has 0 aromatic heterocycles. The average molecular weight is 693 g/mol. The van der Waals surface area contributed by atoms with Gasteiger partial charge in [-0.1, -0.05) is 24.3 Å². The molecule has 1 saturated heterocycles. The minimum absolute atomic E-state index is 0.0460. The van der Waals surface area contributed by atoms with Crippen molar-refractivity contribution in [1.29, 1.82) is 0 Å². The number of rotatable bonds is 9. The molecule has 3 aromatic carbocycles. The number of benzene rings is 3. The first kappa shape index (κ1) is 34.9. The first-order valence-corrected chi connectivity index (χ1v) is 15.8. The van der Waals surface area contributed by atoms with Gasteiger partial charge in [-0.15, -0.1) is 0 Å². The Morgan fingerprint density at radius 2 is 1.72 bits per heavy atom. The summed E-state index contributed by atoms with van der Waals surface area (Å²) in [6.07, 6.45) is -5.79. The predicted octanol–water partition coefficient (Wildman–Crippen LogP) is 0.725. The molecule has 50 heavy (non-hydrogen) atoms. The van der Waals surface area contributed by atoms with Gasteiger partial charge in [0, 0.05) is 42.0 Å². The third-order valence-corrected chi connectivity index (χ3v) is 9.52. The molecule has 2 aliphatic carbocycles. The number of aliphatic hydroxyl groups excluding tert-OH is 2. The molecule has 6 atom stereocenters. The molecule has 1 fully saturated rings. The highest BCUT2D eigenvalue weighted by molar-refractivity contribution is 6.31. The van der Waals surface area contributed by atoms with Crippen molar-refractivity contribution >= 4 is 23.3 Å². The number of hydrogen-bond acceptors (Lipinski definition) is 14. The number of aromatic hydroxyl groups is 3. The van der Waals surface area contributed by atoms with E-state index in [1.54, 1.807) is 19.1 Å². The van der Waals surface area contributed by atoms with Crippen LogP contribution in [0.3, 0.4) is 0 Å².